The standard InChI is InChI=1S/C54H104N6O8S/c1-5-6-7-8-9-10-27-60(52(62)59-26-33-64-35-37-65-36-34-63-32-25-58-50(61)17-12-38-69)28-11-16-42(2)45-18-19-46-51-47(41-49(54(45,46)4)68-31-15-24-57)53(3)21-20-44(66-29-13-22-55)39-43(53)40-48(51)67-30-14-23-56/h42-49,51,69H,5-41,55-57H2,1-4H3,(H,58,61)(H,59,62)/t42?,43?,44-,45?,46+,47+,48-,49+,51?,53+,54-/m1/s1. The van der Waals surface area contributed by atoms with E-state index in [1.54, 1.807) is 0 Å². The Morgan fingerprint density at radius 3 is 1.99 bits per heavy atom. The van der Waals surface area contributed by atoms with E-state index < -0.39 is 0 Å². The van der Waals surface area contributed by atoms with Crippen LogP contribution < -0.4 is 27.8 Å². The summed E-state index contributed by atoms with van der Waals surface area (Å²) >= 11 is 4.14. The number of carbonyl (C=O) groups is 2. The number of amides is 3. The van der Waals surface area contributed by atoms with Gasteiger partial charge in [-0.25, -0.2) is 4.79 Å². The first-order chi connectivity index (χ1) is 33.6. The summed E-state index contributed by atoms with van der Waals surface area (Å²) in [5.41, 5.74) is 18.2. The summed E-state index contributed by atoms with van der Waals surface area (Å²) < 4.78 is 37.5. The lowest BCUT2D eigenvalue weighted by Gasteiger charge is -2.65. The van der Waals surface area contributed by atoms with E-state index in [4.69, 9.17) is 45.6 Å². The zero-order valence-corrected chi connectivity index (χ0v) is 45.1. The fourth-order valence-corrected chi connectivity index (χ4v) is 13.4. The molecule has 0 aliphatic heterocycles. The Hall–Kier alpha value is -1.27. The Balaban J connectivity index is 1.32. The summed E-state index contributed by atoms with van der Waals surface area (Å²) in [6.45, 7) is 19.3. The van der Waals surface area contributed by atoms with Gasteiger partial charge in [-0.15, -0.1) is 0 Å². The van der Waals surface area contributed by atoms with Gasteiger partial charge in [-0.05, 0) is 156 Å². The maximum absolute atomic E-state index is 13.7. The van der Waals surface area contributed by atoms with Gasteiger partial charge in [0.15, 0.2) is 0 Å². The number of carbonyl (C=O) groups excluding carboxylic acids is 2. The van der Waals surface area contributed by atoms with Gasteiger partial charge in [0.2, 0.25) is 5.91 Å². The first-order valence-electron chi connectivity index (χ1n) is 28.2. The highest BCUT2D eigenvalue weighted by Crippen LogP contribution is 2.69. The molecule has 4 rings (SSSR count). The number of hydrogen-bond donors (Lipinski definition) is 6. The summed E-state index contributed by atoms with van der Waals surface area (Å²) in [7, 11) is 0. The molecule has 69 heavy (non-hydrogen) atoms. The minimum atomic E-state index is 0.00613. The van der Waals surface area contributed by atoms with Crippen molar-refractivity contribution in [3.63, 3.8) is 0 Å². The van der Waals surface area contributed by atoms with Crippen LogP contribution in [0.1, 0.15) is 156 Å². The largest absolute Gasteiger partial charge is 0.378 e. The van der Waals surface area contributed by atoms with Crippen LogP contribution >= 0.6 is 12.6 Å². The second kappa shape index (κ2) is 34.3. The molecule has 404 valence electrons. The molecule has 0 spiro atoms. The first kappa shape index (κ1) is 60.3. The zero-order valence-electron chi connectivity index (χ0n) is 44.3. The predicted octanol–water partition coefficient (Wildman–Crippen LogP) is 7.73. The average Bonchev–Trinajstić information content (AvgIpc) is 3.71. The Bertz CT molecular complexity index is 1380. The minimum absolute atomic E-state index is 0.00613. The molecule has 0 bridgehead atoms. The van der Waals surface area contributed by atoms with Crippen LogP contribution in [0.25, 0.3) is 0 Å². The smallest absolute Gasteiger partial charge is 0.317 e. The number of nitrogens with one attached hydrogen (secondary N) is 2. The highest BCUT2D eigenvalue weighted by atomic mass is 32.1. The van der Waals surface area contributed by atoms with E-state index in [1.807, 2.05) is 0 Å². The molecule has 4 aliphatic carbocycles. The third-order valence-corrected chi connectivity index (χ3v) is 17.4. The molecule has 0 aromatic carbocycles. The van der Waals surface area contributed by atoms with Gasteiger partial charge in [-0.1, -0.05) is 59.8 Å². The van der Waals surface area contributed by atoms with Gasteiger partial charge in [-0.3, -0.25) is 4.79 Å². The molecule has 3 amide bonds. The Morgan fingerprint density at radius 2 is 1.30 bits per heavy atom. The summed E-state index contributed by atoms with van der Waals surface area (Å²) in [6.07, 6.45) is 22.0. The predicted molar refractivity (Wildman–Crippen MR) is 282 cm³/mol. The van der Waals surface area contributed by atoms with Crippen LogP contribution in [0.5, 0.6) is 0 Å². The Morgan fingerprint density at radius 1 is 0.681 bits per heavy atom. The van der Waals surface area contributed by atoms with Crippen LogP contribution in [0.2, 0.25) is 0 Å². The van der Waals surface area contributed by atoms with E-state index in [-0.39, 0.29) is 35.0 Å². The summed E-state index contributed by atoms with van der Waals surface area (Å²) in [5, 5.41) is 6.00. The van der Waals surface area contributed by atoms with Crippen molar-refractivity contribution in [1.82, 2.24) is 15.5 Å². The third kappa shape index (κ3) is 19.2. The van der Waals surface area contributed by atoms with E-state index in [9.17, 15) is 9.59 Å². The van der Waals surface area contributed by atoms with E-state index in [2.05, 4.69) is 55.9 Å². The number of thiol groups is 1. The lowest BCUT2D eigenvalue weighted by atomic mass is 9.43. The van der Waals surface area contributed by atoms with E-state index in [1.165, 1.54) is 44.9 Å². The van der Waals surface area contributed by atoms with Gasteiger partial charge >= 0.3 is 6.03 Å². The summed E-state index contributed by atoms with van der Waals surface area (Å²) in [4.78, 5) is 27.4. The summed E-state index contributed by atoms with van der Waals surface area (Å²) in [5.74, 6) is 3.93. The molecule has 0 aromatic rings. The molecule has 0 saturated heterocycles. The minimum Gasteiger partial charge on any atom is -0.378 e. The summed E-state index contributed by atoms with van der Waals surface area (Å²) in [6, 6.07) is 0.00613. The number of hydrogen-bond acceptors (Lipinski definition) is 12. The number of fused-ring (bicyclic) bond motifs is 5. The molecule has 11 atom stereocenters. The lowest BCUT2D eigenvalue weighted by Crippen LogP contribution is -2.63. The van der Waals surface area contributed by atoms with Gasteiger partial charge in [0.05, 0.1) is 58.0 Å². The molecule has 0 heterocycles. The second-order valence-electron chi connectivity index (χ2n) is 21.6. The van der Waals surface area contributed by atoms with Crippen LogP contribution in [0, 0.1) is 46.3 Å². The van der Waals surface area contributed by atoms with Crippen molar-refractivity contribution in [3.8, 4) is 0 Å². The SMILES string of the molecule is CCCCCCCCN(CCCC(C)C1CC[C@H]2C3[C@H](OCCCN)CC4C[C@H](OCCCN)CC[C@]4(C)[C@H]3C[C@H](OCCCN)[C@]12C)C(=O)NCCOCCOCCOCCNC(=O)CCCS. The molecule has 0 radical (unpaired) electrons. The fraction of sp³-hybridized carbons (Fsp3) is 0.963. The van der Waals surface area contributed by atoms with Gasteiger partial charge in [0.1, 0.15) is 0 Å². The number of nitrogens with zero attached hydrogens (tertiary/aromatic N) is 1. The van der Waals surface area contributed by atoms with Crippen LogP contribution in [-0.2, 0) is 33.2 Å². The second-order valence-corrected chi connectivity index (χ2v) is 22.0. The number of rotatable bonds is 39. The molecule has 4 aliphatic rings. The molecule has 4 saturated carbocycles. The van der Waals surface area contributed by atoms with Crippen molar-refractivity contribution in [1.29, 1.82) is 0 Å². The topological polar surface area (TPSA) is 195 Å². The molecule has 0 aromatic heterocycles. The maximum atomic E-state index is 13.7. The first-order valence-corrected chi connectivity index (χ1v) is 28.8. The van der Waals surface area contributed by atoms with E-state index in [0.717, 1.165) is 103 Å². The van der Waals surface area contributed by atoms with Crippen LogP contribution in [0.3, 0.4) is 0 Å². The highest BCUT2D eigenvalue weighted by Gasteiger charge is 2.66. The normalized spacial score (nSPS) is 29.0. The molecule has 4 unspecified atom stereocenters. The number of unbranched alkanes of at least 4 members (excludes halogenated alkanes) is 5. The molecule has 4 fully saturated rings. The lowest BCUT2D eigenvalue weighted by molar-refractivity contribution is -0.227. The quantitative estimate of drug-likeness (QED) is 0.0261. The van der Waals surface area contributed by atoms with E-state index in [0.29, 0.717) is 133 Å². The highest BCUT2D eigenvalue weighted by molar-refractivity contribution is 7.80. The number of nitrogens with two attached hydrogens (primary N) is 3. The van der Waals surface area contributed by atoms with Crippen molar-refractivity contribution in [2.75, 3.05) is 111 Å². The van der Waals surface area contributed by atoms with Crippen molar-refractivity contribution in [2.24, 2.45) is 63.5 Å². The molecule has 15 heteroatoms. The van der Waals surface area contributed by atoms with Crippen molar-refractivity contribution >= 4 is 24.6 Å². The van der Waals surface area contributed by atoms with E-state index >= 15 is 0 Å². The van der Waals surface area contributed by atoms with Crippen LogP contribution in [-0.4, -0.2) is 146 Å². The van der Waals surface area contributed by atoms with Crippen molar-refractivity contribution in [3.05, 3.63) is 0 Å². The Kier molecular flexibility index (Phi) is 29.9. The van der Waals surface area contributed by atoms with Crippen LogP contribution in [0.4, 0.5) is 4.79 Å². The van der Waals surface area contributed by atoms with Gasteiger partial charge in [0.25, 0.3) is 0 Å². The van der Waals surface area contributed by atoms with Crippen molar-refractivity contribution in [2.45, 2.75) is 174 Å². The molecular formula is C54H104N6O8S. The average molecular weight is 998 g/mol. The monoisotopic (exact) mass is 997 g/mol. The number of ether oxygens (including phenoxy) is 6. The molecule has 14 nitrogen and oxygen atoms in total. The van der Waals surface area contributed by atoms with Crippen LogP contribution in [0.15, 0.2) is 0 Å². The zero-order chi connectivity index (χ0) is 49.7. The Labute approximate surface area is 425 Å². The van der Waals surface area contributed by atoms with Gasteiger partial charge < -0.3 is 61.2 Å². The van der Waals surface area contributed by atoms with Gasteiger partial charge in [0, 0.05) is 57.8 Å². The van der Waals surface area contributed by atoms with Gasteiger partial charge in [-0.2, -0.15) is 12.6 Å². The molecule has 8 N–H and O–H groups in total. The molecular weight excluding hydrogens is 893 g/mol. The third-order valence-electron chi connectivity index (χ3n) is 17.0. The number of urea groups is 1. The maximum Gasteiger partial charge on any atom is 0.317 e. The van der Waals surface area contributed by atoms with Crippen molar-refractivity contribution < 1.29 is 38.0 Å². The fourth-order valence-electron chi connectivity index (χ4n) is 13.3.